The van der Waals surface area contributed by atoms with Crippen LogP contribution in [0.5, 0.6) is 5.75 Å². The quantitative estimate of drug-likeness (QED) is 0.558. The van der Waals surface area contributed by atoms with Crippen LogP contribution in [0.3, 0.4) is 0 Å². The molecule has 1 N–H and O–H groups in total. The third-order valence-electron chi connectivity index (χ3n) is 4.48. The summed E-state index contributed by atoms with van der Waals surface area (Å²) in [5, 5.41) is 3.67. The SMILES string of the molecule is COc1cccc(-c2cc(C(=O)Nc3ccc(C)cn3)c3ccccc3n2)c1. The standard InChI is InChI=1S/C23H19N3O2/c1-15-10-11-22(24-14-15)26-23(27)19-13-21(16-6-5-7-17(12-16)28-2)25-20-9-4-3-8-18(19)20/h3-14H,1-2H3,(H,24,26,27). The lowest BCUT2D eigenvalue weighted by Gasteiger charge is -2.11. The van der Waals surface area contributed by atoms with Gasteiger partial charge in [-0.3, -0.25) is 4.79 Å². The molecule has 5 nitrogen and oxygen atoms in total. The number of aromatic nitrogens is 2. The van der Waals surface area contributed by atoms with Crippen LogP contribution in [0.25, 0.3) is 22.2 Å². The second-order valence-electron chi connectivity index (χ2n) is 6.48. The molecule has 0 aliphatic rings. The van der Waals surface area contributed by atoms with E-state index < -0.39 is 0 Å². The fourth-order valence-electron chi connectivity index (χ4n) is 3.02. The van der Waals surface area contributed by atoms with Gasteiger partial charge in [0.05, 0.1) is 23.9 Å². The second-order valence-corrected chi connectivity index (χ2v) is 6.48. The molecule has 1 amide bonds. The molecule has 2 aromatic carbocycles. The highest BCUT2D eigenvalue weighted by Crippen LogP contribution is 2.27. The third kappa shape index (κ3) is 3.55. The predicted molar refractivity (Wildman–Crippen MR) is 111 cm³/mol. The average molecular weight is 369 g/mol. The number of ether oxygens (including phenoxy) is 1. The number of nitrogens with zero attached hydrogens (tertiary/aromatic N) is 2. The summed E-state index contributed by atoms with van der Waals surface area (Å²) in [7, 11) is 1.63. The average Bonchev–Trinajstić information content (AvgIpc) is 2.74. The van der Waals surface area contributed by atoms with E-state index in [1.54, 1.807) is 25.4 Å². The molecule has 138 valence electrons. The third-order valence-corrected chi connectivity index (χ3v) is 4.48. The van der Waals surface area contributed by atoms with Crippen LogP contribution in [0.15, 0.2) is 72.9 Å². The van der Waals surface area contributed by atoms with Crippen molar-refractivity contribution in [3.63, 3.8) is 0 Å². The highest BCUT2D eigenvalue weighted by Gasteiger charge is 2.15. The summed E-state index contributed by atoms with van der Waals surface area (Å²) in [4.78, 5) is 22.0. The Balaban J connectivity index is 1.79. The molecule has 0 unspecified atom stereocenters. The highest BCUT2D eigenvalue weighted by molar-refractivity contribution is 6.12. The van der Waals surface area contributed by atoms with Crippen LogP contribution in [-0.2, 0) is 0 Å². The van der Waals surface area contributed by atoms with Crippen LogP contribution in [0.2, 0.25) is 0 Å². The Bertz CT molecular complexity index is 1150. The molecule has 5 heteroatoms. The topological polar surface area (TPSA) is 64.1 Å². The van der Waals surface area contributed by atoms with Crippen molar-refractivity contribution in [3.8, 4) is 17.0 Å². The van der Waals surface area contributed by atoms with Crippen LogP contribution in [0.4, 0.5) is 5.82 Å². The zero-order valence-corrected chi connectivity index (χ0v) is 15.6. The van der Waals surface area contributed by atoms with Gasteiger partial charge in [-0.05, 0) is 42.8 Å². The minimum absolute atomic E-state index is 0.223. The van der Waals surface area contributed by atoms with Crippen molar-refractivity contribution in [2.45, 2.75) is 6.92 Å². The van der Waals surface area contributed by atoms with Crippen molar-refractivity contribution in [2.24, 2.45) is 0 Å². The maximum atomic E-state index is 13.0. The molecule has 4 aromatic rings. The first kappa shape index (κ1) is 17.7. The molecule has 0 fully saturated rings. The zero-order valence-electron chi connectivity index (χ0n) is 15.6. The van der Waals surface area contributed by atoms with E-state index in [-0.39, 0.29) is 5.91 Å². The number of para-hydroxylation sites is 1. The van der Waals surface area contributed by atoms with Crippen molar-refractivity contribution >= 4 is 22.6 Å². The lowest BCUT2D eigenvalue weighted by Crippen LogP contribution is -2.14. The van der Waals surface area contributed by atoms with E-state index in [4.69, 9.17) is 9.72 Å². The predicted octanol–water partition coefficient (Wildman–Crippen LogP) is 4.87. The van der Waals surface area contributed by atoms with Crippen molar-refractivity contribution in [1.29, 1.82) is 0 Å². The Hall–Kier alpha value is -3.73. The van der Waals surface area contributed by atoms with Crippen molar-refractivity contribution < 1.29 is 9.53 Å². The van der Waals surface area contributed by atoms with Gasteiger partial charge in [0, 0.05) is 17.1 Å². The molecule has 0 atom stereocenters. The Labute approximate surface area is 163 Å². The van der Waals surface area contributed by atoms with Gasteiger partial charge in [0.15, 0.2) is 0 Å². The largest absolute Gasteiger partial charge is 0.497 e. The van der Waals surface area contributed by atoms with E-state index in [9.17, 15) is 4.79 Å². The molecule has 0 bridgehead atoms. The normalized spacial score (nSPS) is 10.6. The van der Waals surface area contributed by atoms with Gasteiger partial charge in [-0.2, -0.15) is 0 Å². The van der Waals surface area contributed by atoms with Crippen molar-refractivity contribution in [2.75, 3.05) is 12.4 Å². The number of anilines is 1. The number of pyridine rings is 2. The molecule has 4 rings (SSSR count). The molecular weight excluding hydrogens is 350 g/mol. The minimum Gasteiger partial charge on any atom is -0.497 e. The maximum absolute atomic E-state index is 13.0. The van der Waals surface area contributed by atoms with Gasteiger partial charge in [-0.15, -0.1) is 0 Å². The van der Waals surface area contributed by atoms with Crippen LogP contribution in [0, 0.1) is 6.92 Å². The van der Waals surface area contributed by atoms with Crippen molar-refractivity contribution in [3.05, 3.63) is 84.1 Å². The van der Waals surface area contributed by atoms with Gasteiger partial charge in [0.2, 0.25) is 0 Å². The first-order valence-electron chi connectivity index (χ1n) is 8.92. The number of methoxy groups -OCH3 is 1. The fourth-order valence-corrected chi connectivity index (χ4v) is 3.02. The number of amides is 1. The summed E-state index contributed by atoms with van der Waals surface area (Å²) in [6, 6.07) is 20.7. The minimum atomic E-state index is -0.223. The molecule has 0 spiro atoms. The first-order valence-corrected chi connectivity index (χ1v) is 8.92. The summed E-state index contributed by atoms with van der Waals surface area (Å²) < 4.78 is 5.31. The number of hydrogen-bond acceptors (Lipinski definition) is 4. The molecule has 0 aliphatic heterocycles. The number of benzene rings is 2. The van der Waals surface area contributed by atoms with E-state index in [0.29, 0.717) is 17.1 Å². The van der Waals surface area contributed by atoms with E-state index >= 15 is 0 Å². The molecule has 0 saturated heterocycles. The second kappa shape index (κ2) is 7.48. The summed E-state index contributed by atoms with van der Waals surface area (Å²) in [5.74, 6) is 1.03. The lowest BCUT2D eigenvalue weighted by atomic mass is 10.0. The van der Waals surface area contributed by atoms with Crippen LogP contribution in [-0.4, -0.2) is 23.0 Å². The fraction of sp³-hybridized carbons (Fsp3) is 0.0870. The summed E-state index contributed by atoms with van der Waals surface area (Å²) in [6.07, 6.45) is 1.72. The van der Waals surface area contributed by atoms with E-state index in [1.165, 1.54) is 0 Å². The van der Waals surface area contributed by atoms with Gasteiger partial charge in [0.1, 0.15) is 11.6 Å². The van der Waals surface area contributed by atoms with E-state index in [1.807, 2.05) is 61.5 Å². The van der Waals surface area contributed by atoms with Gasteiger partial charge >= 0.3 is 0 Å². The summed E-state index contributed by atoms with van der Waals surface area (Å²) >= 11 is 0. The van der Waals surface area contributed by atoms with Gasteiger partial charge in [-0.1, -0.05) is 36.4 Å². The van der Waals surface area contributed by atoms with Crippen LogP contribution in [0.1, 0.15) is 15.9 Å². The molecule has 2 aromatic heterocycles. The van der Waals surface area contributed by atoms with Gasteiger partial charge in [-0.25, -0.2) is 9.97 Å². The molecule has 0 radical (unpaired) electrons. The number of hydrogen-bond donors (Lipinski definition) is 1. The maximum Gasteiger partial charge on any atom is 0.257 e. The Morgan fingerprint density at radius 3 is 2.64 bits per heavy atom. The number of carbonyl (C=O) groups excluding carboxylic acids is 1. The number of nitrogens with one attached hydrogen (secondary N) is 1. The lowest BCUT2D eigenvalue weighted by molar-refractivity contribution is 0.102. The van der Waals surface area contributed by atoms with E-state index in [2.05, 4.69) is 10.3 Å². The Morgan fingerprint density at radius 2 is 1.86 bits per heavy atom. The molecule has 0 saturated carbocycles. The van der Waals surface area contributed by atoms with Crippen LogP contribution >= 0.6 is 0 Å². The number of rotatable bonds is 4. The molecular formula is C23H19N3O2. The number of fused-ring (bicyclic) bond motifs is 1. The van der Waals surface area contributed by atoms with E-state index in [0.717, 1.165) is 27.8 Å². The number of aryl methyl sites for hydroxylation is 1. The molecule has 28 heavy (non-hydrogen) atoms. The Morgan fingerprint density at radius 1 is 1.00 bits per heavy atom. The smallest absolute Gasteiger partial charge is 0.257 e. The monoisotopic (exact) mass is 369 g/mol. The van der Waals surface area contributed by atoms with Crippen LogP contribution < -0.4 is 10.1 Å². The molecule has 0 aliphatic carbocycles. The highest BCUT2D eigenvalue weighted by atomic mass is 16.5. The van der Waals surface area contributed by atoms with Gasteiger partial charge in [0.25, 0.3) is 5.91 Å². The first-order chi connectivity index (χ1) is 13.6. The molecule has 2 heterocycles. The van der Waals surface area contributed by atoms with Gasteiger partial charge < -0.3 is 10.1 Å². The summed E-state index contributed by atoms with van der Waals surface area (Å²) in [5.41, 5.74) is 3.93. The summed E-state index contributed by atoms with van der Waals surface area (Å²) in [6.45, 7) is 1.95. The zero-order chi connectivity index (χ0) is 19.5. The van der Waals surface area contributed by atoms with Crippen molar-refractivity contribution in [1.82, 2.24) is 9.97 Å². The Kier molecular flexibility index (Phi) is 4.72. The number of carbonyl (C=O) groups is 1.